The summed E-state index contributed by atoms with van der Waals surface area (Å²) in [4.78, 5) is 22.2. The van der Waals surface area contributed by atoms with Gasteiger partial charge in [-0.05, 0) is 24.6 Å². The van der Waals surface area contributed by atoms with Crippen molar-refractivity contribution in [2.45, 2.75) is 13.5 Å². The van der Waals surface area contributed by atoms with Gasteiger partial charge < -0.3 is 9.53 Å². The Hall–Kier alpha value is -2.17. The van der Waals surface area contributed by atoms with Crippen LogP contribution < -0.4 is 0 Å². The zero-order valence-corrected chi connectivity index (χ0v) is 9.64. The Bertz CT molecular complexity index is 587. The molecule has 0 fully saturated rings. The monoisotopic (exact) mass is 232 g/mol. The third-order valence-electron chi connectivity index (χ3n) is 2.53. The largest absolute Gasteiger partial charge is 0.465 e. The summed E-state index contributed by atoms with van der Waals surface area (Å²) >= 11 is 0. The molecule has 5 heteroatoms. The molecule has 0 bridgehead atoms. The van der Waals surface area contributed by atoms with Gasteiger partial charge in [-0.1, -0.05) is 0 Å². The number of rotatable bonds is 3. The van der Waals surface area contributed by atoms with E-state index >= 15 is 0 Å². The lowest BCUT2D eigenvalue weighted by molar-refractivity contribution is -0.108. The molecule has 0 aliphatic carbocycles. The molecule has 0 aliphatic rings. The van der Waals surface area contributed by atoms with Crippen LogP contribution in [0.15, 0.2) is 18.3 Å². The molecule has 1 heterocycles. The van der Waals surface area contributed by atoms with Crippen molar-refractivity contribution in [1.29, 1.82) is 0 Å². The van der Waals surface area contributed by atoms with Gasteiger partial charge in [-0.15, -0.1) is 0 Å². The van der Waals surface area contributed by atoms with Crippen molar-refractivity contribution in [2.24, 2.45) is 0 Å². The number of hydrogen-bond acceptors (Lipinski definition) is 4. The zero-order chi connectivity index (χ0) is 12.4. The predicted octanol–water partition coefficient (Wildman–Crippen LogP) is 1.33. The minimum atomic E-state index is -0.425. The Morgan fingerprint density at radius 2 is 2.29 bits per heavy atom. The molecule has 5 nitrogen and oxygen atoms in total. The second kappa shape index (κ2) is 4.37. The van der Waals surface area contributed by atoms with Crippen LogP contribution in [-0.2, 0) is 16.1 Å². The van der Waals surface area contributed by atoms with Crippen LogP contribution in [-0.4, -0.2) is 29.1 Å². The fraction of sp³-hybridized carbons (Fsp3) is 0.250. The maximum atomic E-state index is 11.7. The van der Waals surface area contributed by atoms with Gasteiger partial charge in [0.1, 0.15) is 6.29 Å². The van der Waals surface area contributed by atoms with E-state index in [1.807, 2.05) is 13.0 Å². The number of nitrogens with zero attached hydrogens (tertiary/aromatic N) is 2. The van der Waals surface area contributed by atoms with Crippen LogP contribution in [0.1, 0.15) is 15.9 Å². The fourth-order valence-corrected chi connectivity index (χ4v) is 1.86. The van der Waals surface area contributed by atoms with Crippen LogP contribution >= 0.6 is 0 Å². The van der Waals surface area contributed by atoms with Crippen molar-refractivity contribution < 1.29 is 14.3 Å². The maximum Gasteiger partial charge on any atom is 0.340 e. The van der Waals surface area contributed by atoms with E-state index in [0.717, 1.165) is 17.2 Å². The first-order valence-corrected chi connectivity index (χ1v) is 5.15. The third kappa shape index (κ3) is 1.91. The van der Waals surface area contributed by atoms with Gasteiger partial charge in [0.15, 0.2) is 0 Å². The number of esters is 1. The number of aromatic nitrogens is 2. The number of carbonyl (C=O) groups is 2. The summed E-state index contributed by atoms with van der Waals surface area (Å²) in [5.74, 6) is -0.425. The lowest BCUT2D eigenvalue weighted by atomic mass is 10.1. The Morgan fingerprint density at radius 1 is 1.53 bits per heavy atom. The Labute approximate surface area is 98.0 Å². The summed E-state index contributed by atoms with van der Waals surface area (Å²) in [5.41, 5.74) is 2.01. The van der Waals surface area contributed by atoms with Crippen molar-refractivity contribution in [3.05, 3.63) is 29.5 Å². The number of ether oxygens (including phenoxy) is 1. The first kappa shape index (κ1) is 11.3. The molecule has 1 aromatic carbocycles. The minimum Gasteiger partial charge on any atom is -0.465 e. The number of hydrogen-bond donors (Lipinski definition) is 0. The SMILES string of the molecule is COC(=O)c1cc(C)cc2cnn(CC=O)c12. The molecule has 0 saturated heterocycles. The van der Waals surface area contributed by atoms with Crippen LogP contribution in [0.4, 0.5) is 0 Å². The van der Waals surface area contributed by atoms with Crippen LogP contribution in [0.25, 0.3) is 10.9 Å². The summed E-state index contributed by atoms with van der Waals surface area (Å²) in [6.07, 6.45) is 2.38. The van der Waals surface area contributed by atoms with E-state index in [-0.39, 0.29) is 6.54 Å². The normalized spacial score (nSPS) is 10.5. The molecule has 0 radical (unpaired) electrons. The van der Waals surface area contributed by atoms with Gasteiger partial charge >= 0.3 is 5.97 Å². The first-order valence-electron chi connectivity index (χ1n) is 5.15. The molecule has 2 aromatic rings. The maximum absolute atomic E-state index is 11.7. The zero-order valence-electron chi connectivity index (χ0n) is 9.64. The molecule has 0 amide bonds. The van der Waals surface area contributed by atoms with Crippen molar-refractivity contribution in [3.8, 4) is 0 Å². The van der Waals surface area contributed by atoms with Gasteiger partial charge in [0.2, 0.25) is 0 Å². The van der Waals surface area contributed by atoms with E-state index in [1.54, 1.807) is 12.3 Å². The second-order valence-electron chi connectivity index (χ2n) is 3.74. The quantitative estimate of drug-likeness (QED) is 0.591. The Balaban J connectivity index is 2.73. The number of aldehydes is 1. The van der Waals surface area contributed by atoms with E-state index in [9.17, 15) is 9.59 Å². The molecule has 2 rings (SSSR count). The van der Waals surface area contributed by atoms with E-state index in [4.69, 9.17) is 4.74 Å². The van der Waals surface area contributed by atoms with Gasteiger partial charge in [-0.2, -0.15) is 5.10 Å². The van der Waals surface area contributed by atoms with Gasteiger partial charge in [-0.25, -0.2) is 4.79 Å². The highest BCUT2D eigenvalue weighted by Gasteiger charge is 2.15. The van der Waals surface area contributed by atoms with Crippen molar-refractivity contribution in [3.63, 3.8) is 0 Å². The Morgan fingerprint density at radius 3 is 2.94 bits per heavy atom. The third-order valence-corrected chi connectivity index (χ3v) is 2.53. The van der Waals surface area contributed by atoms with E-state index in [1.165, 1.54) is 11.8 Å². The molecule has 1 aromatic heterocycles. The van der Waals surface area contributed by atoms with Gasteiger partial charge in [0.25, 0.3) is 0 Å². The van der Waals surface area contributed by atoms with Crippen LogP contribution in [0.2, 0.25) is 0 Å². The molecule has 0 spiro atoms. The first-order chi connectivity index (χ1) is 8.17. The van der Waals surface area contributed by atoms with Crippen molar-refractivity contribution >= 4 is 23.2 Å². The number of fused-ring (bicyclic) bond motifs is 1. The molecular formula is C12H12N2O3. The van der Waals surface area contributed by atoms with Gasteiger partial charge in [-0.3, -0.25) is 4.68 Å². The lowest BCUT2D eigenvalue weighted by Crippen LogP contribution is -2.08. The van der Waals surface area contributed by atoms with E-state index in [2.05, 4.69) is 5.10 Å². The molecule has 88 valence electrons. The predicted molar refractivity (Wildman–Crippen MR) is 61.9 cm³/mol. The molecule has 0 unspecified atom stereocenters. The van der Waals surface area contributed by atoms with E-state index < -0.39 is 5.97 Å². The summed E-state index contributed by atoms with van der Waals surface area (Å²) in [5, 5.41) is 4.91. The van der Waals surface area contributed by atoms with Crippen LogP contribution in [0.5, 0.6) is 0 Å². The highest BCUT2D eigenvalue weighted by Crippen LogP contribution is 2.21. The van der Waals surface area contributed by atoms with Crippen LogP contribution in [0, 0.1) is 6.92 Å². The molecule has 0 N–H and O–H groups in total. The highest BCUT2D eigenvalue weighted by molar-refractivity contribution is 6.03. The summed E-state index contributed by atoms with van der Waals surface area (Å²) in [6, 6.07) is 3.65. The van der Waals surface area contributed by atoms with E-state index in [0.29, 0.717) is 11.1 Å². The van der Waals surface area contributed by atoms with Crippen molar-refractivity contribution in [1.82, 2.24) is 9.78 Å². The average molecular weight is 232 g/mol. The van der Waals surface area contributed by atoms with Gasteiger partial charge in [0, 0.05) is 5.39 Å². The van der Waals surface area contributed by atoms with Crippen molar-refractivity contribution in [2.75, 3.05) is 7.11 Å². The van der Waals surface area contributed by atoms with Crippen LogP contribution in [0.3, 0.4) is 0 Å². The smallest absolute Gasteiger partial charge is 0.340 e. The van der Waals surface area contributed by atoms with Gasteiger partial charge in [0.05, 0.1) is 30.9 Å². The summed E-state index contributed by atoms with van der Waals surface area (Å²) in [6.45, 7) is 2.01. The molecule has 0 atom stereocenters. The minimum absolute atomic E-state index is 0.122. The topological polar surface area (TPSA) is 61.2 Å². The highest BCUT2D eigenvalue weighted by atomic mass is 16.5. The molecule has 0 saturated carbocycles. The number of benzene rings is 1. The fourth-order valence-electron chi connectivity index (χ4n) is 1.86. The average Bonchev–Trinajstić information content (AvgIpc) is 2.71. The summed E-state index contributed by atoms with van der Waals surface area (Å²) in [7, 11) is 1.33. The number of aryl methyl sites for hydroxylation is 1. The standard InChI is InChI=1S/C12H12N2O3/c1-8-5-9-7-13-14(3-4-15)11(9)10(6-8)12(16)17-2/h4-7H,3H2,1-2H3. The molecular weight excluding hydrogens is 220 g/mol. The summed E-state index contributed by atoms with van der Waals surface area (Å²) < 4.78 is 6.23. The molecule has 17 heavy (non-hydrogen) atoms. The molecule has 0 aliphatic heterocycles. The Kier molecular flexibility index (Phi) is 2.91. The number of methoxy groups -OCH3 is 1. The second-order valence-corrected chi connectivity index (χ2v) is 3.74. The number of carbonyl (C=O) groups excluding carboxylic acids is 2. The lowest BCUT2D eigenvalue weighted by Gasteiger charge is -2.05.